The number of methoxy groups -OCH3 is 1. The molecule has 8 heteroatoms. The first kappa shape index (κ1) is 29.6. The van der Waals surface area contributed by atoms with E-state index in [9.17, 15) is 14.4 Å². The summed E-state index contributed by atoms with van der Waals surface area (Å²) in [4.78, 5) is 40.2. The average molecular weight is 559 g/mol. The highest BCUT2D eigenvalue weighted by atomic mass is 16.6. The third-order valence-corrected chi connectivity index (χ3v) is 6.83. The number of anilines is 1. The number of para-hydroxylation sites is 1. The predicted octanol–water partition coefficient (Wildman–Crippen LogP) is 5.89. The van der Waals surface area contributed by atoms with Gasteiger partial charge in [0, 0.05) is 29.8 Å². The summed E-state index contributed by atoms with van der Waals surface area (Å²) in [5, 5.41) is 3.23. The van der Waals surface area contributed by atoms with E-state index in [1.807, 2.05) is 69.3 Å². The van der Waals surface area contributed by atoms with Gasteiger partial charge in [-0.3, -0.25) is 4.79 Å². The van der Waals surface area contributed by atoms with Gasteiger partial charge in [-0.15, -0.1) is 0 Å². The minimum atomic E-state index is -0.711. The Morgan fingerprint density at radius 1 is 0.951 bits per heavy atom. The third kappa shape index (κ3) is 8.10. The Bertz CT molecular complexity index is 1330. The Kier molecular flexibility index (Phi) is 9.65. The number of nitrogens with one attached hydrogen (secondary N) is 1. The van der Waals surface area contributed by atoms with Gasteiger partial charge < -0.3 is 24.4 Å². The lowest BCUT2D eigenvalue weighted by Crippen LogP contribution is -2.42. The summed E-state index contributed by atoms with van der Waals surface area (Å²) in [7, 11) is 1.35. The van der Waals surface area contributed by atoms with Gasteiger partial charge >= 0.3 is 12.1 Å². The SMILES string of the molecule is COC(=O)[C@H](Cc1ccc(OC[C@@H]2CCCN2C(=O)OC(C)(C)C)cc1)Nc1ccccc1C(=O)c1ccccc1. The molecule has 0 unspecified atom stereocenters. The van der Waals surface area contributed by atoms with Crippen molar-refractivity contribution in [3.8, 4) is 5.75 Å². The second-order valence-electron chi connectivity index (χ2n) is 11.1. The van der Waals surface area contributed by atoms with Crippen LogP contribution in [-0.2, 0) is 20.7 Å². The fourth-order valence-corrected chi connectivity index (χ4v) is 4.80. The van der Waals surface area contributed by atoms with E-state index in [-0.39, 0.29) is 17.9 Å². The third-order valence-electron chi connectivity index (χ3n) is 6.83. The molecule has 1 heterocycles. The van der Waals surface area contributed by atoms with Gasteiger partial charge in [0.05, 0.1) is 13.2 Å². The zero-order chi connectivity index (χ0) is 29.4. The highest BCUT2D eigenvalue weighted by Crippen LogP contribution is 2.24. The van der Waals surface area contributed by atoms with Crippen LogP contribution in [0.4, 0.5) is 10.5 Å². The minimum absolute atomic E-state index is 0.0453. The van der Waals surface area contributed by atoms with Crippen molar-refractivity contribution in [1.29, 1.82) is 0 Å². The monoisotopic (exact) mass is 558 g/mol. The van der Waals surface area contributed by atoms with Gasteiger partial charge in [-0.25, -0.2) is 9.59 Å². The molecular weight excluding hydrogens is 520 g/mol. The van der Waals surface area contributed by atoms with E-state index >= 15 is 0 Å². The molecule has 8 nitrogen and oxygen atoms in total. The molecule has 2 atom stereocenters. The van der Waals surface area contributed by atoms with Crippen LogP contribution in [0.2, 0.25) is 0 Å². The molecule has 3 aromatic carbocycles. The molecule has 0 aliphatic carbocycles. The lowest BCUT2D eigenvalue weighted by molar-refractivity contribution is -0.141. The van der Waals surface area contributed by atoms with E-state index < -0.39 is 17.6 Å². The van der Waals surface area contributed by atoms with E-state index in [0.29, 0.717) is 42.1 Å². The largest absolute Gasteiger partial charge is 0.491 e. The summed E-state index contributed by atoms with van der Waals surface area (Å²) < 4.78 is 16.6. The van der Waals surface area contributed by atoms with Crippen LogP contribution in [0.3, 0.4) is 0 Å². The van der Waals surface area contributed by atoms with Gasteiger partial charge in [-0.2, -0.15) is 0 Å². The summed E-state index contributed by atoms with van der Waals surface area (Å²) in [5.41, 5.74) is 1.95. The molecular formula is C33H38N2O6. The maximum atomic E-state index is 13.2. The number of amides is 1. The number of carbonyl (C=O) groups is 3. The molecule has 4 rings (SSSR count). The highest BCUT2D eigenvalue weighted by Gasteiger charge is 2.32. The quantitative estimate of drug-likeness (QED) is 0.245. The Hall–Kier alpha value is -4.33. The molecule has 1 saturated heterocycles. The van der Waals surface area contributed by atoms with Gasteiger partial charge in [0.2, 0.25) is 0 Å². The van der Waals surface area contributed by atoms with E-state index in [4.69, 9.17) is 14.2 Å². The molecule has 0 saturated carbocycles. The number of hydrogen-bond donors (Lipinski definition) is 1. The molecule has 0 aromatic heterocycles. The molecule has 0 radical (unpaired) electrons. The zero-order valence-electron chi connectivity index (χ0n) is 24.1. The number of ketones is 1. The Morgan fingerprint density at radius 3 is 2.32 bits per heavy atom. The molecule has 1 aliphatic rings. The predicted molar refractivity (Wildman–Crippen MR) is 157 cm³/mol. The van der Waals surface area contributed by atoms with Crippen LogP contribution in [-0.4, -0.2) is 60.7 Å². The van der Waals surface area contributed by atoms with Crippen molar-refractivity contribution in [2.45, 2.75) is 57.7 Å². The number of carbonyl (C=O) groups excluding carboxylic acids is 3. The fraction of sp³-hybridized carbons (Fsp3) is 0.364. The van der Waals surface area contributed by atoms with Crippen LogP contribution in [0.5, 0.6) is 5.75 Å². The van der Waals surface area contributed by atoms with Crippen molar-refractivity contribution in [2.24, 2.45) is 0 Å². The minimum Gasteiger partial charge on any atom is -0.491 e. The number of hydrogen-bond acceptors (Lipinski definition) is 7. The lowest BCUT2D eigenvalue weighted by atomic mass is 10.00. The first-order valence-corrected chi connectivity index (χ1v) is 13.9. The Balaban J connectivity index is 1.40. The molecule has 1 aliphatic heterocycles. The zero-order valence-corrected chi connectivity index (χ0v) is 24.1. The van der Waals surface area contributed by atoms with Crippen molar-refractivity contribution >= 4 is 23.5 Å². The normalized spacial score (nSPS) is 15.6. The van der Waals surface area contributed by atoms with Gasteiger partial charge in [0.15, 0.2) is 5.78 Å². The highest BCUT2D eigenvalue weighted by molar-refractivity contribution is 6.12. The Labute approximate surface area is 241 Å². The molecule has 3 aromatic rings. The number of nitrogens with zero attached hydrogens (tertiary/aromatic N) is 1. The molecule has 216 valence electrons. The second-order valence-corrected chi connectivity index (χ2v) is 11.1. The molecule has 41 heavy (non-hydrogen) atoms. The van der Waals surface area contributed by atoms with E-state index in [2.05, 4.69) is 5.32 Å². The summed E-state index contributed by atoms with van der Waals surface area (Å²) >= 11 is 0. The number of likely N-dealkylation sites (tertiary alicyclic amines) is 1. The molecule has 1 fully saturated rings. The smallest absolute Gasteiger partial charge is 0.410 e. The van der Waals surface area contributed by atoms with Crippen LogP contribution in [0.15, 0.2) is 78.9 Å². The van der Waals surface area contributed by atoms with Crippen LogP contribution in [0, 0.1) is 0 Å². The van der Waals surface area contributed by atoms with Gasteiger partial charge in [-0.05, 0) is 63.4 Å². The number of ether oxygens (including phenoxy) is 3. The molecule has 1 amide bonds. The fourth-order valence-electron chi connectivity index (χ4n) is 4.80. The summed E-state index contributed by atoms with van der Waals surface area (Å²) in [6.45, 7) is 6.60. The van der Waals surface area contributed by atoms with E-state index in [1.54, 1.807) is 35.2 Å². The van der Waals surface area contributed by atoms with Crippen molar-refractivity contribution in [3.05, 3.63) is 95.6 Å². The average Bonchev–Trinajstić information content (AvgIpc) is 3.44. The number of benzene rings is 3. The first-order valence-electron chi connectivity index (χ1n) is 13.9. The van der Waals surface area contributed by atoms with Crippen LogP contribution in [0.1, 0.15) is 55.1 Å². The first-order chi connectivity index (χ1) is 19.6. The van der Waals surface area contributed by atoms with Gasteiger partial charge in [0.1, 0.15) is 24.0 Å². The lowest BCUT2D eigenvalue weighted by Gasteiger charge is -2.28. The number of rotatable bonds is 10. The van der Waals surface area contributed by atoms with Crippen molar-refractivity contribution in [1.82, 2.24) is 4.90 Å². The van der Waals surface area contributed by atoms with Crippen LogP contribution >= 0.6 is 0 Å². The van der Waals surface area contributed by atoms with Crippen LogP contribution in [0.25, 0.3) is 0 Å². The van der Waals surface area contributed by atoms with Gasteiger partial charge in [0.25, 0.3) is 0 Å². The molecule has 0 bridgehead atoms. The standard InChI is InChI=1S/C33H38N2O6/c1-33(2,3)41-32(38)35-20-10-13-25(35)22-40-26-18-16-23(17-19-26)21-29(31(37)39-4)34-28-15-9-8-14-27(28)30(36)24-11-6-5-7-12-24/h5-9,11-12,14-19,25,29,34H,10,13,20-22H2,1-4H3/t25-,29-/m0/s1. The molecule has 0 spiro atoms. The van der Waals surface area contributed by atoms with Crippen molar-refractivity contribution in [3.63, 3.8) is 0 Å². The number of esters is 1. The molecule has 1 N–H and O–H groups in total. The second kappa shape index (κ2) is 13.4. The van der Waals surface area contributed by atoms with E-state index in [1.165, 1.54) is 7.11 Å². The maximum Gasteiger partial charge on any atom is 0.410 e. The summed E-state index contributed by atoms with van der Waals surface area (Å²) in [6, 6.07) is 22.9. The van der Waals surface area contributed by atoms with Gasteiger partial charge in [-0.1, -0.05) is 54.6 Å². The van der Waals surface area contributed by atoms with E-state index in [0.717, 1.165) is 18.4 Å². The van der Waals surface area contributed by atoms with Crippen LogP contribution < -0.4 is 10.1 Å². The summed E-state index contributed by atoms with van der Waals surface area (Å²) in [5.74, 6) is 0.105. The maximum absolute atomic E-state index is 13.2. The summed E-state index contributed by atoms with van der Waals surface area (Å²) in [6.07, 6.45) is 1.80. The Morgan fingerprint density at radius 2 is 1.63 bits per heavy atom. The topological polar surface area (TPSA) is 94.2 Å². The van der Waals surface area contributed by atoms with Crippen molar-refractivity contribution < 1.29 is 28.6 Å². The van der Waals surface area contributed by atoms with Crippen molar-refractivity contribution in [2.75, 3.05) is 25.6 Å².